The van der Waals surface area contributed by atoms with E-state index in [-0.39, 0.29) is 6.04 Å². The first-order chi connectivity index (χ1) is 8.36. The fraction of sp³-hybridized carbons (Fsp3) is 0.308. The zero-order valence-corrected chi connectivity index (χ0v) is 9.36. The van der Waals surface area contributed by atoms with E-state index in [1.807, 2.05) is 41.1 Å². The number of ether oxygens (including phenoxy) is 1. The molecule has 4 nitrogen and oxygen atoms in total. The number of hydrogen-bond donors (Lipinski definition) is 1. The van der Waals surface area contributed by atoms with Crippen molar-refractivity contribution in [3.8, 4) is 11.4 Å². The Morgan fingerprint density at radius 1 is 1.24 bits per heavy atom. The maximum atomic E-state index is 9.86. The standard InChI is InChI=1S/C13H14N2O2/c16-12-9-17-8-11(12)15-7-6-14-13(15)10-4-2-1-3-5-10/h1-7,11-12,16H,8-9H2. The van der Waals surface area contributed by atoms with Crippen molar-refractivity contribution in [3.05, 3.63) is 42.7 Å². The summed E-state index contributed by atoms with van der Waals surface area (Å²) in [7, 11) is 0. The molecule has 0 bridgehead atoms. The normalized spacial score (nSPS) is 24.1. The summed E-state index contributed by atoms with van der Waals surface area (Å²) in [6, 6.07) is 9.94. The summed E-state index contributed by atoms with van der Waals surface area (Å²) in [5.41, 5.74) is 1.05. The average molecular weight is 230 g/mol. The number of benzene rings is 1. The number of nitrogens with zero attached hydrogens (tertiary/aromatic N) is 2. The van der Waals surface area contributed by atoms with Crippen LogP contribution >= 0.6 is 0 Å². The van der Waals surface area contributed by atoms with E-state index in [0.717, 1.165) is 11.4 Å². The van der Waals surface area contributed by atoms with Gasteiger partial charge >= 0.3 is 0 Å². The monoisotopic (exact) mass is 230 g/mol. The molecule has 2 unspecified atom stereocenters. The largest absolute Gasteiger partial charge is 0.388 e. The molecule has 17 heavy (non-hydrogen) atoms. The molecule has 0 saturated carbocycles. The lowest BCUT2D eigenvalue weighted by atomic mass is 10.1. The molecule has 0 aliphatic carbocycles. The molecule has 1 aromatic heterocycles. The minimum absolute atomic E-state index is 0.0345. The van der Waals surface area contributed by atoms with E-state index < -0.39 is 6.10 Å². The van der Waals surface area contributed by atoms with E-state index in [2.05, 4.69) is 4.98 Å². The van der Waals surface area contributed by atoms with Gasteiger partial charge in [-0.25, -0.2) is 4.98 Å². The van der Waals surface area contributed by atoms with Gasteiger partial charge in [-0.05, 0) is 0 Å². The Balaban J connectivity index is 2.00. The first-order valence-corrected chi connectivity index (χ1v) is 5.70. The minimum atomic E-state index is -0.452. The predicted molar refractivity (Wildman–Crippen MR) is 63.5 cm³/mol. The molecule has 1 aliphatic rings. The van der Waals surface area contributed by atoms with Gasteiger partial charge < -0.3 is 14.4 Å². The van der Waals surface area contributed by atoms with Crippen LogP contribution in [0.1, 0.15) is 6.04 Å². The maximum Gasteiger partial charge on any atom is 0.140 e. The van der Waals surface area contributed by atoms with E-state index in [0.29, 0.717) is 13.2 Å². The highest BCUT2D eigenvalue weighted by Gasteiger charge is 2.29. The van der Waals surface area contributed by atoms with E-state index in [1.165, 1.54) is 0 Å². The molecule has 2 aromatic rings. The molecule has 0 amide bonds. The molecule has 1 fully saturated rings. The molecular formula is C13H14N2O2. The second-order valence-electron chi connectivity index (χ2n) is 4.20. The number of hydrogen-bond acceptors (Lipinski definition) is 3. The van der Waals surface area contributed by atoms with E-state index >= 15 is 0 Å². The van der Waals surface area contributed by atoms with Crippen LogP contribution in [0.15, 0.2) is 42.7 Å². The fourth-order valence-corrected chi connectivity index (χ4v) is 2.19. The Bertz CT molecular complexity index is 495. The van der Waals surface area contributed by atoms with Gasteiger partial charge in [0.05, 0.1) is 19.3 Å². The summed E-state index contributed by atoms with van der Waals surface area (Å²) in [6.07, 6.45) is 3.20. The molecule has 0 spiro atoms. The van der Waals surface area contributed by atoms with Gasteiger partial charge in [0.15, 0.2) is 0 Å². The van der Waals surface area contributed by atoms with E-state index in [1.54, 1.807) is 6.20 Å². The molecule has 88 valence electrons. The maximum absolute atomic E-state index is 9.86. The van der Waals surface area contributed by atoms with Gasteiger partial charge in [0.25, 0.3) is 0 Å². The van der Waals surface area contributed by atoms with Crippen molar-refractivity contribution in [1.82, 2.24) is 9.55 Å². The average Bonchev–Trinajstić information content (AvgIpc) is 2.98. The molecule has 2 heterocycles. The van der Waals surface area contributed by atoms with Crippen molar-refractivity contribution in [1.29, 1.82) is 0 Å². The van der Waals surface area contributed by atoms with E-state index in [9.17, 15) is 5.11 Å². The van der Waals surface area contributed by atoms with Crippen molar-refractivity contribution >= 4 is 0 Å². The number of rotatable bonds is 2. The number of imidazole rings is 1. The zero-order valence-electron chi connectivity index (χ0n) is 9.36. The third-order valence-electron chi connectivity index (χ3n) is 3.08. The van der Waals surface area contributed by atoms with Crippen LogP contribution in [0, 0.1) is 0 Å². The lowest BCUT2D eigenvalue weighted by molar-refractivity contribution is 0.119. The number of aliphatic hydroxyl groups is 1. The third-order valence-corrected chi connectivity index (χ3v) is 3.08. The molecule has 1 aliphatic heterocycles. The molecule has 3 rings (SSSR count). The Morgan fingerprint density at radius 2 is 2.06 bits per heavy atom. The van der Waals surface area contributed by atoms with Crippen molar-refractivity contribution in [3.63, 3.8) is 0 Å². The van der Waals surface area contributed by atoms with Crippen LogP contribution in [-0.2, 0) is 4.74 Å². The van der Waals surface area contributed by atoms with Gasteiger partial charge in [-0.15, -0.1) is 0 Å². The first kappa shape index (κ1) is 10.5. The highest BCUT2D eigenvalue weighted by molar-refractivity contribution is 5.55. The first-order valence-electron chi connectivity index (χ1n) is 5.70. The second kappa shape index (κ2) is 4.31. The fourth-order valence-electron chi connectivity index (χ4n) is 2.19. The summed E-state index contributed by atoms with van der Waals surface area (Å²) in [5.74, 6) is 0.875. The molecule has 1 saturated heterocycles. The highest BCUT2D eigenvalue weighted by atomic mass is 16.5. The van der Waals surface area contributed by atoms with Crippen LogP contribution in [0.4, 0.5) is 0 Å². The Morgan fingerprint density at radius 3 is 2.76 bits per heavy atom. The summed E-state index contributed by atoms with van der Waals surface area (Å²) < 4.78 is 7.28. The molecule has 1 aromatic carbocycles. The van der Waals surface area contributed by atoms with Gasteiger partial charge in [0.2, 0.25) is 0 Å². The minimum Gasteiger partial charge on any atom is -0.388 e. The summed E-state index contributed by atoms with van der Waals surface area (Å²) in [6.45, 7) is 0.939. The van der Waals surface area contributed by atoms with Gasteiger partial charge in [0, 0.05) is 18.0 Å². The summed E-state index contributed by atoms with van der Waals surface area (Å²) >= 11 is 0. The third kappa shape index (κ3) is 1.85. The van der Waals surface area contributed by atoms with Crippen LogP contribution in [0.5, 0.6) is 0 Å². The Labute approximate surface area is 99.5 Å². The lowest BCUT2D eigenvalue weighted by Gasteiger charge is -2.17. The molecule has 1 N–H and O–H groups in total. The zero-order chi connectivity index (χ0) is 11.7. The van der Waals surface area contributed by atoms with Gasteiger partial charge in [-0.2, -0.15) is 0 Å². The lowest BCUT2D eigenvalue weighted by Crippen LogP contribution is -2.22. The van der Waals surface area contributed by atoms with Gasteiger partial charge in [-0.1, -0.05) is 30.3 Å². The Hall–Kier alpha value is -1.65. The van der Waals surface area contributed by atoms with Crippen molar-refractivity contribution in [2.24, 2.45) is 0 Å². The van der Waals surface area contributed by atoms with Crippen molar-refractivity contribution < 1.29 is 9.84 Å². The molecule has 0 radical (unpaired) electrons. The van der Waals surface area contributed by atoms with Crippen molar-refractivity contribution in [2.75, 3.05) is 13.2 Å². The van der Waals surface area contributed by atoms with Crippen LogP contribution in [0.2, 0.25) is 0 Å². The molecule has 2 atom stereocenters. The van der Waals surface area contributed by atoms with E-state index in [4.69, 9.17) is 4.74 Å². The van der Waals surface area contributed by atoms with Crippen LogP contribution < -0.4 is 0 Å². The van der Waals surface area contributed by atoms with Crippen LogP contribution in [0.25, 0.3) is 11.4 Å². The molecule has 4 heteroatoms. The van der Waals surface area contributed by atoms with Crippen LogP contribution in [0.3, 0.4) is 0 Å². The topological polar surface area (TPSA) is 47.3 Å². The summed E-state index contributed by atoms with van der Waals surface area (Å²) in [4.78, 5) is 4.36. The predicted octanol–water partition coefficient (Wildman–Crippen LogP) is 1.48. The molecular weight excluding hydrogens is 216 g/mol. The highest BCUT2D eigenvalue weighted by Crippen LogP contribution is 2.26. The second-order valence-corrected chi connectivity index (χ2v) is 4.20. The van der Waals surface area contributed by atoms with Gasteiger partial charge in [0.1, 0.15) is 11.9 Å². The quantitative estimate of drug-likeness (QED) is 0.850. The number of aromatic nitrogens is 2. The van der Waals surface area contributed by atoms with Crippen molar-refractivity contribution in [2.45, 2.75) is 12.1 Å². The van der Waals surface area contributed by atoms with Crippen LogP contribution in [-0.4, -0.2) is 34.0 Å². The Kier molecular flexibility index (Phi) is 2.66. The summed E-state index contributed by atoms with van der Waals surface area (Å²) in [5, 5.41) is 9.86. The smallest absolute Gasteiger partial charge is 0.140 e. The number of aliphatic hydroxyl groups excluding tert-OH is 1. The van der Waals surface area contributed by atoms with Gasteiger partial charge in [-0.3, -0.25) is 0 Å². The SMILES string of the molecule is OC1COCC1n1ccnc1-c1ccccc1.